The van der Waals surface area contributed by atoms with Crippen LogP contribution in [0.4, 0.5) is 11.6 Å². The molecular weight excluding hydrogens is 240 g/mol. The van der Waals surface area contributed by atoms with Crippen LogP contribution in [0, 0.1) is 12.3 Å². The highest BCUT2D eigenvalue weighted by Crippen LogP contribution is 2.27. The van der Waals surface area contributed by atoms with E-state index >= 15 is 0 Å². The van der Waals surface area contributed by atoms with E-state index in [2.05, 4.69) is 41.4 Å². The number of anilines is 2. The van der Waals surface area contributed by atoms with Crippen LogP contribution >= 0.6 is 0 Å². The van der Waals surface area contributed by atoms with Gasteiger partial charge in [0.2, 0.25) is 0 Å². The summed E-state index contributed by atoms with van der Waals surface area (Å²) in [5.41, 5.74) is 1.06. The molecule has 1 aromatic rings. The van der Waals surface area contributed by atoms with Gasteiger partial charge in [-0.3, -0.25) is 0 Å². The predicted octanol–water partition coefficient (Wildman–Crippen LogP) is 2.43. The zero-order valence-corrected chi connectivity index (χ0v) is 12.6. The molecule has 0 aliphatic heterocycles. The van der Waals surface area contributed by atoms with E-state index in [0.29, 0.717) is 6.42 Å². The van der Waals surface area contributed by atoms with Crippen LogP contribution in [0.5, 0.6) is 0 Å². The minimum atomic E-state index is 0.0540. The van der Waals surface area contributed by atoms with E-state index in [1.165, 1.54) is 0 Å². The van der Waals surface area contributed by atoms with Crippen LogP contribution in [0.1, 0.15) is 39.7 Å². The number of nitrogens with one attached hydrogen (secondary N) is 2. The maximum absolute atomic E-state index is 9.20. The molecule has 0 aliphatic rings. The van der Waals surface area contributed by atoms with E-state index in [0.717, 1.165) is 23.7 Å². The van der Waals surface area contributed by atoms with Crippen LogP contribution in [0.2, 0.25) is 0 Å². The average molecular weight is 266 g/mol. The lowest BCUT2D eigenvalue weighted by atomic mass is 9.85. The first-order valence-electron chi connectivity index (χ1n) is 6.83. The van der Waals surface area contributed by atoms with Crippen molar-refractivity contribution < 1.29 is 5.11 Å². The first kappa shape index (κ1) is 15.7. The second kappa shape index (κ2) is 6.70. The second-order valence-corrected chi connectivity index (χ2v) is 5.80. The van der Waals surface area contributed by atoms with Crippen molar-refractivity contribution in [2.24, 2.45) is 5.41 Å². The molecule has 108 valence electrons. The van der Waals surface area contributed by atoms with Crippen molar-refractivity contribution in [1.82, 2.24) is 9.97 Å². The van der Waals surface area contributed by atoms with Crippen LogP contribution in [0.3, 0.4) is 0 Å². The van der Waals surface area contributed by atoms with Crippen LogP contribution in [0.15, 0.2) is 6.33 Å². The van der Waals surface area contributed by atoms with Gasteiger partial charge in [0.15, 0.2) is 0 Å². The number of nitrogens with zero attached hydrogens (tertiary/aromatic N) is 2. The van der Waals surface area contributed by atoms with Gasteiger partial charge in [-0.1, -0.05) is 20.8 Å². The molecule has 5 nitrogen and oxygen atoms in total. The molecule has 0 aromatic carbocycles. The van der Waals surface area contributed by atoms with Gasteiger partial charge in [-0.15, -0.1) is 0 Å². The van der Waals surface area contributed by atoms with Crippen LogP contribution in [-0.2, 0) is 0 Å². The summed E-state index contributed by atoms with van der Waals surface area (Å²) in [5, 5.41) is 15.9. The molecule has 0 saturated heterocycles. The number of aliphatic hydroxyl groups is 1. The third-order valence-corrected chi connectivity index (χ3v) is 3.20. The zero-order chi connectivity index (χ0) is 14.5. The molecule has 1 heterocycles. The summed E-state index contributed by atoms with van der Waals surface area (Å²) in [4.78, 5) is 8.55. The highest BCUT2D eigenvalue weighted by atomic mass is 16.3. The van der Waals surface area contributed by atoms with Gasteiger partial charge < -0.3 is 15.7 Å². The summed E-state index contributed by atoms with van der Waals surface area (Å²) < 4.78 is 0. The normalized spacial score (nSPS) is 13.2. The Labute approximate surface area is 115 Å². The lowest BCUT2D eigenvalue weighted by Gasteiger charge is -2.32. The molecule has 1 rings (SSSR count). The summed E-state index contributed by atoms with van der Waals surface area (Å²) in [6.07, 6.45) is 2.26. The van der Waals surface area contributed by atoms with Gasteiger partial charge in [0.05, 0.1) is 0 Å². The van der Waals surface area contributed by atoms with Gasteiger partial charge >= 0.3 is 0 Å². The van der Waals surface area contributed by atoms with Crippen molar-refractivity contribution in [1.29, 1.82) is 0 Å². The molecule has 3 N–H and O–H groups in total. The molecule has 1 atom stereocenters. The summed E-state index contributed by atoms with van der Waals surface area (Å²) in [5.74, 6) is 1.69. The van der Waals surface area contributed by atoms with Crippen molar-refractivity contribution in [3.63, 3.8) is 0 Å². The maximum Gasteiger partial charge on any atom is 0.134 e. The lowest BCUT2D eigenvalue weighted by molar-refractivity contribution is 0.235. The molecule has 0 bridgehead atoms. The fourth-order valence-electron chi connectivity index (χ4n) is 1.96. The summed E-state index contributed by atoms with van der Waals surface area (Å²) in [6.45, 7) is 11.5. The Morgan fingerprint density at radius 2 is 1.89 bits per heavy atom. The first-order chi connectivity index (χ1) is 8.90. The van der Waals surface area contributed by atoms with E-state index in [-0.39, 0.29) is 18.1 Å². The third-order valence-electron chi connectivity index (χ3n) is 3.20. The fraction of sp³-hybridized carbons (Fsp3) is 0.714. The molecular formula is C14H26N4O. The number of hydrogen-bond donors (Lipinski definition) is 3. The largest absolute Gasteiger partial charge is 0.396 e. The molecule has 1 unspecified atom stereocenters. The minimum Gasteiger partial charge on any atom is -0.396 e. The molecule has 0 saturated carbocycles. The van der Waals surface area contributed by atoms with Gasteiger partial charge in [-0.2, -0.15) is 0 Å². The first-order valence-corrected chi connectivity index (χ1v) is 6.83. The Morgan fingerprint density at radius 3 is 2.42 bits per heavy atom. The Kier molecular flexibility index (Phi) is 5.54. The molecule has 0 amide bonds. The molecule has 0 fully saturated rings. The molecule has 0 spiro atoms. The van der Waals surface area contributed by atoms with Crippen molar-refractivity contribution in [2.75, 3.05) is 23.8 Å². The van der Waals surface area contributed by atoms with Crippen LogP contribution in [0.25, 0.3) is 0 Å². The SMILES string of the molecule is CCNc1ncnc(NC(CCO)C(C)(C)C)c1C. The number of aliphatic hydroxyl groups excluding tert-OH is 1. The van der Waals surface area contributed by atoms with E-state index in [1.54, 1.807) is 6.33 Å². The quantitative estimate of drug-likeness (QED) is 0.737. The Balaban J connectivity index is 2.93. The zero-order valence-electron chi connectivity index (χ0n) is 12.6. The van der Waals surface area contributed by atoms with E-state index in [9.17, 15) is 5.11 Å². The summed E-state index contributed by atoms with van der Waals surface area (Å²) in [7, 11) is 0. The topological polar surface area (TPSA) is 70.1 Å². The Hall–Kier alpha value is -1.36. The van der Waals surface area contributed by atoms with Crippen LogP contribution in [-0.4, -0.2) is 34.3 Å². The monoisotopic (exact) mass is 266 g/mol. The third kappa shape index (κ3) is 4.35. The van der Waals surface area contributed by atoms with Crippen molar-refractivity contribution in [3.05, 3.63) is 11.9 Å². The van der Waals surface area contributed by atoms with E-state index < -0.39 is 0 Å². The minimum absolute atomic E-state index is 0.0540. The van der Waals surface area contributed by atoms with Gasteiger partial charge in [0.1, 0.15) is 18.0 Å². The van der Waals surface area contributed by atoms with Gasteiger partial charge in [0.25, 0.3) is 0 Å². The second-order valence-electron chi connectivity index (χ2n) is 5.80. The van der Waals surface area contributed by atoms with Crippen molar-refractivity contribution in [3.8, 4) is 0 Å². The Bertz CT molecular complexity index is 401. The molecule has 0 aliphatic carbocycles. The molecule has 19 heavy (non-hydrogen) atoms. The number of rotatable bonds is 6. The summed E-state index contributed by atoms with van der Waals surface area (Å²) in [6, 6.07) is 0.167. The van der Waals surface area contributed by atoms with Crippen molar-refractivity contribution in [2.45, 2.75) is 47.1 Å². The lowest BCUT2D eigenvalue weighted by Crippen LogP contribution is -2.35. The molecule has 5 heteroatoms. The Morgan fingerprint density at radius 1 is 1.26 bits per heavy atom. The number of hydrogen-bond acceptors (Lipinski definition) is 5. The van der Waals surface area contributed by atoms with Crippen LogP contribution < -0.4 is 10.6 Å². The van der Waals surface area contributed by atoms with E-state index in [1.807, 2.05) is 13.8 Å². The maximum atomic E-state index is 9.20. The van der Waals surface area contributed by atoms with Gasteiger partial charge in [0, 0.05) is 24.8 Å². The van der Waals surface area contributed by atoms with Gasteiger partial charge in [-0.05, 0) is 25.7 Å². The summed E-state index contributed by atoms with van der Waals surface area (Å²) >= 11 is 0. The average Bonchev–Trinajstić information content (AvgIpc) is 2.32. The highest BCUT2D eigenvalue weighted by molar-refractivity contribution is 5.56. The number of aromatic nitrogens is 2. The molecule has 0 radical (unpaired) electrons. The van der Waals surface area contributed by atoms with E-state index in [4.69, 9.17) is 0 Å². The fourth-order valence-corrected chi connectivity index (χ4v) is 1.96. The van der Waals surface area contributed by atoms with Gasteiger partial charge in [-0.25, -0.2) is 9.97 Å². The smallest absolute Gasteiger partial charge is 0.134 e. The standard InChI is InChI=1S/C14H26N4O/c1-6-15-12-10(2)13(17-9-16-12)18-11(7-8-19)14(3,4)5/h9,11,19H,6-8H2,1-5H3,(H2,15,16,17,18). The highest BCUT2D eigenvalue weighted by Gasteiger charge is 2.25. The van der Waals surface area contributed by atoms with Crippen molar-refractivity contribution >= 4 is 11.6 Å². The molecule has 1 aromatic heterocycles. The predicted molar refractivity (Wildman–Crippen MR) is 79.5 cm³/mol.